The number of benzene rings is 1. The Morgan fingerprint density at radius 2 is 1.61 bits per heavy atom. The van der Waals surface area contributed by atoms with Gasteiger partial charge in [0.15, 0.2) is 0 Å². The molecule has 0 aliphatic carbocycles. The highest BCUT2D eigenvalue weighted by Crippen LogP contribution is 2.35. The van der Waals surface area contributed by atoms with E-state index in [0.29, 0.717) is 32.0 Å². The molecular formula is C12H7Cl4NO. The van der Waals surface area contributed by atoms with Crippen LogP contribution < -0.4 is 0 Å². The third kappa shape index (κ3) is 2.73. The van der Waals surface area contributed by atoms with E-state index in [1.54, 1.807) is 24.3 Å². The molecule has 0 radical (unpaired) electrons. The molecule has 0 unspecified atom stereocenters. The summed E-state index contributed by atoms with van der Waals surface area (Å²) in [5, 5.41) is 10.5. The van der Waals surface area contributed by atoms with E-state index in [0.717, 1.165) is 0 Å². The summed E-state index contributed by atoms with van der Waals surface area (Å²) >= 11 is 23.7. The van der Waals surface area contributed by atoms with E-state index in [-0.39, 0.29) is 11.6 Å². The number of halogens is 4. The van der Waals surface area contributed by atoms with Crippen LogP contribution in [0.15, 0.2) is 24.3 Å². The fourth-order valence-corrected chi connectivity index (χ4v) is 2.28. The summed E-state index contributed by atoms with van der Waals surface area (Å²) in [5.41, 5.74) is 1.82. The van der Waals surface area contributed by atoms with Gasteiger partial charge in [-0.15, -0.1) is 0 Å². The first kappa shape index (κ1) is 13.9. The van der Waals surface area contributed by atoms with E-state index in [4.69, 9.17) is 46.4 Å². The molecule has 1 aromatic heterocycles. The molecule has 0 spiro atoms. The van der Waals surface area contributed by atoms with Crippen LogP contribution >= 0.6 is 46.4 Å². The lowest BCUT2D eigenvalue weighted by Crippen LogP contribution is -1.94. The Morgan fingerprint density at radius 1 is 1.00 bits per heavy atom. The molecule has 1 aromatic carbocycles. The number of rotatable bonds is 2. The lowest BCUT2D eigenvalue weighted by molar-refractivity contribution is 0.282. The Balaban J connectivity index is 2.65. The Hall–Kier alpha value is -0.510. The third-order valence-corrected chi connectivity index (χ3v) is 3.78. The van der Waals surface area contributed by atoms with Gasteiger partial charge in [0.2, 0.25) is 0 Å². The maximum absolute atomic E-state index is 9.29. The minimum absolute atomic E-state index is 0.155. The average Bonchev–Trinajstić information content (AvgIpc) is 2.35. The van der Waals surface area contributed by atoms with Crippen molar-refractivity contribution in [2.24, 2.45) is 0 Å². The summed E-state index contributed by atoms with van der Waals surface area (Å²) in [4.78, 5) is 4.17. The molecule has 2 rings (SSSR count). The van der Waals surface area contributed by atoms with Gasteiger partial charge in [-0.2, -0.15) is 0 Å². The maximum Gasteiger partial charge on any atom is 0.129 e. The van der Waals surface area contributed by atoms with Crippen LogP contribution in [0, 0.1) is 0 Å². The molecule has 0 fully saturated rings. The van der Waals surface area contributed by atoms with Crippen LogP contribution in [0.4, 0.5) is 0 Å². The summed E-state index contributed by atoms with van der Waals surface area (Å²) < 4.78 is 0. The molecule has 0 aliphatic rings. The van der Waals surface area contributed by atoms with E-state index in [1.807, 2.05) is 0 Å². The summed E-state index contributed by atoms with van der Waals surface area (Å²) in [6.45, 7) is -0.155. The van der Waals surface area contributed by atoms with Crippen LogP contribution in [0.2, 0.25) is 20.2 Å². The highest BCUT2D eigenvalue weighted by atomic mass is 35.5. The number of hydrogen-bond donors (Lipinski definition) is 1. The van der Waals surface area contributed by atoms with E-state index < -0.39 is 0 Å². The van der Waals surface area contributed by atoms with Crippen LogP contribution in [0.3, 0.4) is 0 Å². The SMILES string of the molecule is OCc1ccc(Cl)nc1-c1cc(Cl)c(Cl)c(Cl)c1. The van der Waals surface area contributed by atoms with Gasteiger partial charge in [-0.25, -0.2) is 4.98 Å². The minimum Gasteiger partial charge on any atom is -0.392 e. The first-order valence-electron chi connectivity index (χ1n) is 4.94. The Labute approximate surface area is 124 Å². The number of pyridine rings is 1. The molecule has 1 N–H and O–H groups in total. The highest BCUT2D eigenvalue weighted by Gasteiger charge is 2.12. The Kier molecular flexibility index (Phi) is 4.36. The maximum atomic E-state index is 9.29. The van der Waals surface area contributed by atoms with Gasteiger partial charge in [0.1, 0.15) is 5.15 Å². The van der Waals surface area contributed by atoms with Crippen molar-refractivity contribution in [1.82, 2.24) is 4.98 Å². The normalized spacial score (nSPS) is 10.7. The van der Waals surface area contributed by atoms with Gasteiger partial charge >= 0.3 is 0 Å². The zero-order valence-corrected chi connectivity index (χ0v) is 11.9. The second kappa shape index (κ2) is 5.64. The van der Waals surface area contributed by atoms with Gasteiger partial charge in [-0.05, 0) is 18.2 Å². The van der Waals surface area contributed by atoms with Crippen molar-refractivity contribution in [3.8, 4) is 11.3 Å². The number of aromatic nitrogens is 1. The lowest BCUT2D eigenvalue weighted by atomic mass is 10.1. The average molecular weight is 323 g/mol. The molecule has 2 aromatic rings. The van der Waals surface area contributed by atoms with Gasteiger partial charge in [0, 0.05) is 11.1 Å². The molecule has 0 aliphatic heterocycles. The summed E-state index contributed by atoms with van der Waals surface area (Å²) in [5.74, 6) is 0. The minimum atomic E-state index is -0.155. The highest BCUT2D eigenvalue weighted by molar-refractivity contribution is 6.48. The number of hydrogen-bond acceptors (Lipinski definition) is 2. The zero-order valence-electron chi connectivity index (χ0n) is 8.92. The molecule has 94 valence electrons. The van der Waals surface area contributed by atoms with Gasteiger partial charge in [-0.1, -0.05) is 52.5 Å². The van der Waals surface area contributed by atoms with Crippen LogP contribution in [-0.4, -0.2) is 10.1 Å². The molecule has 1 heterocycles. The van der Waals surface area contributed by atoms with E-state index in [9.17, 15) is 5.11 Å². The largest absolute Gasteiger partial charge is 0.392 e. The van der Waals surface area contributed by atoms with Crippen LogP contribution in [0.25, 0.3) is 11.3 Å². The van der Waals surface area contributed by atoms with Gasteiger partial charge < -0.3 is 5.11 Å². The number of nitrogens with zero attached hydrogens (tertiary/aromatic N) is 1. The molecule has 6 heteroatoms. The molecule has 2 nitrogen and oxygen atoms in total. The van der Waals surface area contributed by atoms with Crippen molar-refractivity contribution in [3.05, 3.63) is 50.0 Å². The van der Waals surface area contributed by atoms with Gasteiger partial charge in [0.05, 0.1) is 27.4 Å². The van der Waals surface area contributed by atoms with Crippen molar-refractivity contribution in [2.75, 3.05) is 0 Å². The van der Waals surface area contributed by atoms with Crippen LogP contribution in [0.5, 0.6) is 0 Å². The molecule has 0 saturated carbocycles. The van der Waals surface area contributed by atoms with Crippen LogP contribution in [-0.2, 0) is 6.61 Å². The summed E-state index contributed by atoms with van der Waals surface area (Å²) in [7, 11) is 0. The number of aliphatic hydroxyl groups excluding tert-OH is 1. The van der Waals surface area contributed by atoms with Crippen molar-refractivity contribution in [2.45, 2.75) is 6.61 Å². The van der Waals surface area contributed by atoms with E-state index in [2.05, 4.69) is 4.98 Å². The zero-order chi connectivity index (χ0) is 13.3. The molecular weight excluding hydrogens is 316 g/mol. The summed E-state index contributed by atoms with van der Waals surface area (Å²) in [6.07, 6.45) is 0. The quantitative estimate of drug-likeness (QED) is 0.633. The van der Waals surface area contributed by atoms with Crippen molar-refractivity contribution in [1.29, 1.82) is 0 Å². The monoisotopic (exact) mass is 321 g/mol. The summed E-state index contributed by atoms with van der Waals surface area (Å²) in [6, 6.07) is 6.57. The molecule has 0 saturated heterocycles. The first-order chi connectivity index (χ1) is 8.52. The fourth-order valence-electron chi connectivity index (χ4n) is 1.53. The molecule has 0 atom stereocenters. The Morgan fingerprint density at radius 3 is 2.17 bits per heavy atom. The first-order valence-corrected chi connectivity index (χ1v) is 6.45. The predicted octanol–water partition coefficient (Wildman–Crippen LogP) is 4.85. The second-order valence-corrected chi connectivity index (χ2v) is 5.13. The number of aliphatic hydroxyl groups is 1. The fraction of sp³-hybridized carbons (Fsp3) is 0.0833. The predicted molar refractivity (Wildman–Crippen MR) is 75.6 cm³/mol. The second-order valence-electron chi connectivity index (χ2n) is 3.55. The van der Waals surface area contributed by atoms with Gasteiger partial charge in [0.25, 0.3) is 0 Å². The lowest BCUT2D eigenvalue weighted by Gasteiger charge is -2.09. The Bertz CT molecular complexity index is 578. The van der Waals surface area contributed by atoms with E-state index in [1.165, 1.54) is 0 Å². The van der Waals surface area contributed by atoms with Crippen molar-refractivity contribution in [3.63, 3.8) is 0 Å². The van der Waals surface area contributed by atoms with Crippen molar-refractivity contribution < 1.29 is 5.11 Å². The van der Waals surface area contributed by atoms with E-state index >= 15 is 0 Å². The molecule has 18 heavy (non-hydrogen) atoms. The standard InChI is InChI=1S/C12H7Cl4NO/c13-8-3-7(4-9(14)11(8)16)12-6(5-18)1-2-10(15)17-12/h1-4,18H,5H2. The topological polar surface area (TPSA) is 33.1 Å². The molecule has 0 amide bonds. The van der Waals surface area contributed by atoms with Crippen molar-refractivity contribution >= 4 is 46.4 Å². The molecule has 0 bridgehead atoms. The third-order valence-electron chi connectivity index (χ3n) is 2.37. The smallest absolute Gasteiger partial charge is 0.129 e. The van der Waals surface area contributed by atoms with Crippen LogP contribution in [0.1, 0.15) is 5.56 Å². The van der Waals surface area contributed by atoms with Gasteiger partial charge in [-0.3, -0.25) is 0 Å².